The maximum atomic E-state index is 12.5. The van der Waals surface area contributed by atoms with Crippen molar-refractivity contribution in [1.29, 1.82) is 0 Å². The molecule has 0 bridgehead atoms. The van der Waals surface area contributed by atoms with Crippen LogP contribution in [0, 0.1) is 0 Å². The molecule has 1 heterocycles. The summed E-state index contributed by atoms with van der Waals surface area (Å²) in [6.07, 6.45) is 3.81. The van der Waals surface area contributed by atoms with Gasteiger partial charge in [-0.1, -0.05) is 18.2 Å². The summed E-state index contributed by atoms with van der Waals surface area (Å²) in [5, 5.41) is 0.988. The number of thiol groups is 1. The molecule has 0 saturated carbocycles. The Hall–Kier alpha value is -2.14. The van der Waals surface area contributed by atoms with Gasteiger partial charge in [0.2, 0.25) is 0 Å². The zero-order valence-electron chi connectivity index (χ0n) is 13.7. The van der Waals surface area contributed by atoms with E-state index < -0.39 is 5.97 Å². The van der Waals surface area contributed by atoms with E-state index >= 15 is 0 Å². The van der Waals surface area contributed by atoms with Crippen molar-refractivity contribution in [2.24, 2.45) is 5.73 Å². The number of hydrogen-bond acceptors (Lipinski definition) is 5. The Morgan fingerprint density at radius 1 is 1.29 bits per heavy atom. The fourth-order valence-corrected chi connectivity index (χ4v) is 3.38. The minimum Gasteiger partial charge on any atom is -0.457 e. The van der Waals surface area contributed by atoms with E-state index in [1.54, 1.807) is 6.92 Å². The summed E-state index contributed by atoms with van der Waals surface area (Å²) in [6.45, 7) is 1.81. The van der Waals surface area contributed by atoms with Crippen LogP contribution in [0.5, 0.6) is 0 Å². The smallest absolute Gasteiger partial charge is 0.340 e. The molecular formula is C19H21NO3S. The minimum atomic E-state index is -0.418. The molecule has 0 aliphatic heterocycles. The number of para-hydroxylation sites is 1. The fourth-order valence-electron chi connectivity index (χ4n) is 3.00. The highest BCUT2D eigenvalue weighted by molar-refractivity contribution is 7.84. The van der Waals surface area contributed by atoms with E-state index in [1.807, 2.05) is 30.3 Å². The van der Waals surface area contributed by atoms with Crippen molar-refractivity contribution in [3.63, 3.8) is 0 Å². The lowest BCUT2D eigenvalue weighted by Crippen LogP contribution is -2.16. The number of ether oxygens (including phenoxy) is 1. The zero-order chi connectivity index (χ0) is 17.1. The van der Waals surface area contributed by atoms with Gasteiger partial charge in [0.1, 0.15) is 18.0 Å². The molecule has 0 atom stereocenters. The van der Waals surface area contributed by atoms with Gasteiger partial charge in [-0.05, 0) is 55.2 Å². The van der Waals surface area contributed by atoms with Crippen molar-refractivity contribution in [2.45, 2.75) is 39.2 Å². The van der Waals surface area contributed by atoms with Crippen molar-refractivity contribution in [3.05, 3.63) is 57.8 Å². The predicted molar refractivity (Wildman–Crippen MR) is 97.4 cm³/mol. The van der Waals surface area contributed by atoms with Crippen molar-refractivity contribution in [3.8, 4) is 0 Å². The Bertz CT molecular complexity index is 795. The SMILES string of the molecule is C/C(N)=C(/C(=O)OCc1cc2ccccc2o1)C1=C(S)CCCC1. The second-order valence-electron chi connectivity index (χ2n) is 6.02. The molecule has 1 aromatic carbocycles. The van der Waals surface area contributed by atoms with Gasteiger partial charge < -0.3 is 14.9 Å². The van der Waals surface area contributed by atoms with Crippen LogP contribution in [0.15, 0.2) is 56.5 Å². The molecule has 2 aromatic rings. The molecule has 5 heteroatoms. The van der Waals surface area contributed by atoms with Gasteiger partial charge in [0.15, 0.2) is 0 Å². The third-order valence-corrected chi connectivity index (χ3v) is 4.65. The first kappa shape index (κ1) is 16.7. The maximum Gasteiger partial charge on any atom is 0.340 e. The lowest BCUT2D eigenvalue weighted by atomic mass is 9.92. The number of carbonyl (C=O) groups is 1. The third-order valence-electron chi connectivity index (χ3n) is 4.16. The number of allylic oxidation sites excluding steroid dienone is 2. The fraction of sp³-hybridized carbons (Fsp3) is 0.316. The molecule has 0 radical (unpaired) electrons. The number of furan rings is 1. The summed E-state index contributed by atoms with van der Waals surface area (Å²) < 4.78 is 11.1. The molecule has 126 valence electrons. The average Bonchev–Trinajstić information content (AvgIpc) is 2.97. The van der Waals surface area contributed by atoms with Crippen LogP contribution >= 0.6 is 12.6 Å². The summed E-state index contributed by atoms with van der Waals surface area (Å²) in [4.78, 5) is 13.5. The van der Waals surface area contributed by atoms with Gasteiger partial charge in [-0.3, -0.25) is 0 Å². The summed E-state index contributed by atoms with van der Waals surface area (Å²) in [6, 6.07) is 9.57. The molecule has 24 heavy (non-hydrogen) atoms. The Morgan fingerprint density at radius 3 is 2.75 bits per heavy atom. The van der Waals surface area contributed by atoms with E-state index in [2.05, 4.69) is 12.6 Å². The monoisotopic (exact) mass is 343 g/mol. The zero-order valence-corrected chi connectivity index (χ0v) is 14.6. The number of fused-ring (bicyclic) bond motifs is 1. The number of nitrogens with two attached hydrogens (primary N) is 1. The molecule has 3 rings (SSSR count). The Morgan fingerprint density at radius 2 is 2.04 bits per heavy atom. The Kier molecular flexibility index (Phi) is 5.00. The first-order chi connectivity index (χ1) is 11.6. The third kappa shape index (κ3) is 3.51. The van der Waals surface area contributed by atoms with Crippen LogP contribution in [0.1, 0.15) is 38.4 Å². The standard InChI is InChI=1S/C19H21NO3S/c1-12(20)18(15-7-3-5-9-17(15)24)19(21)22-11-14-10-13-6-2-4-8-16(13)23-14/h2,4,6,8,10,24H,3,5,7,9,11,20H2,1H3/b18-12-. The summed E-state index contributed by atoms with van der Waals surface area (Å²) in [5.41, 5.74) is 8.56. The number of esters is 1. The molecule has 0 fully saturated rings. The van der Waals surface area contributed by atoms with Gasteiger partial charge >= 0.3 is 5.97 Å². The largest absolute Gasteiger partial charge is 0.457 e. The molecule has 1 aliphatic carbocycles. The molecule has 0 saturated heterocycles. The van der Waals surface area contributed by atoms with Crippen LogP contribution in [-0.2, 0) is 16.1 Å². The number of benzene rings is 1. The normalized spacial score (nSPS) is 16.2. The second-order valence-corrected chi connectivity index (χ2v) is 6.56. The van der Waals surface area contributed by atoms with E-state index in [4.69, 9.17) is 14.9 Å². The summed E-state index contributed by atoms with van der Waals surface area (Å²) in [5.74, 6) is 0.196. The van der Waals surface area contributed by atoms with Gasteiger partial charge in [0.05, 0.1) is 5.57 Å². The van der Waals surface area contributed by atoms with Crippen LogP contribution in [-0.4, -0.2) is 5.97 Å². The second kappa shape index (κ2) is 7.18. The minimum absolute atomic E-state index is 0.0828. The van der Waals surface area contributed by atoms with Crippen molar-refractivity contribution >= 4 is 29.6 Å². The molecular weight excluding hydrogens is 322 g/mol. The van der Waals surface area contributed by atoms with Gasteiger partial charge in [-0.2, -0.15) is 0 Å². The quantitative estimate of drug-likeness (QED) is 0.488. The molecule has 1 aliphatic rings. The molecule has 2 N–H and O–H groups in total. The first-order valence-corrected chi connectivity index (χ1v) is 8.53. The highest BCUT2D eigenvalue weighted by Crippen LogP contribution is 2.33. The average molecular weight is 343 g/mol. The topological polar surface area (TPSA) is 65.5 Å². The van der Waals surface area contributed by atoms with E-state index in [0.29, 0.717) is 17.0 Å². The number of rotatable bonds is 4. The van der Waals surface area contributed by atoms with Gasteiger partial charge in [-0.15, -0.1) is 12.6 Å². The highest BCUT2D eigenvalue weighted by Gasteiger charge is 2.23. The van der Waals surface area contributed by atoms with E-state index in [1.165, 1.54) is 0 Å². The maximum absolute atomic E-state index is 12.5. The summed E-state index contributed by atoms with van der Waals surface area (Å²) >= 11 is 4.52. The highest BCUT2D eigenvalue weighted by atomic mass is 32.1. The first-order valence-electron chi connectivity index (χ1n) is 8.08. The van der Waals surface area contributed by atoms with Crippen LogP contribution in [0.4, 0.5) is 0 Å². The summed E-state index contributed by atoms with van der Waals surface area (Å²) in [7, 11) is 0. The molecule has 0 amide bonds. The van der Waals surface area contributed by atoms with Gasteiger partial charge in [-0.25, -0.2) is 4.79 Å². The van der Waals surface area contributed by atoms with E-state index in [9.17, 15) is 4.79 Å². The van der Waals surface area contributed by atoms with Crippen LogP contribution in [0.3, 0.4) is 0 Å². The number of hydrogen-bond donors (Lipinski definition) is 2. The van der Waals surface area contributed by atoms with Crippen LogP contribution < -0.4 is 5.73 Å². The molecule has 1 aromatic heterocycles. The van der Waals surface area contributed by atoms with Gasteiger partial charge in [0.25, 0.3) is 0 Å². The number of carbonyl (C=O) groups excluding carboxylic acids is 1. The van der Waals surface area contributed by atoms with Crippen LogP contribution in [0.25, 0.3) is 11.0 Å². The van der Waals surface area contributed by atoms with E-state index in [-0.39, 0.29) is 6.61 Å². The lowest BCUT2D eigenvalue weighted by molar-refractivity contribution is -0.140. The van der Waals surface area contributed by atoms with Crippen molar-refractivity contribution in [1.82, 2.24) is 0 Å². The molecule has 0 spiro atoms. The Labute approximate surface area is 146 Å². The van der Waals surface area contributed by atoms with Crippen molar-refractivity contribution in [2.75, 3.05) is 0 Å². The predicted octanol–water partition coefficient (Wildman–Crippen LogP) is 4.47. The lowest BCUT2D eigenvalue weighted by Gasteiger charge is -2.19. The Balaban J connectivity index is 1.76. The van der Waals surface area contributed by atoms with Crippen LogP contribution in [0.2, 0.25) is 0 Å². The van der Waals surface area contributed by atoms with Crippen molar-refractivity contribution < 1.29 is 13.9 Å². The molecule has 0 unspecified atom stereocenters. The molecule has 4 nitrogen and oxygen atoms in total. The van der Waals surface area contributed by atoms with E-state index in [0.717, 1.165) is 47.1 Å². The van der Waals surface area contributed by atoms with Gasteiger partial charge in [0, 0.05) is 11.1 Å².